The van der Waals surface area contributed by atoms with Crippen LogP contribution in [0.15, 0.2) is 28.4 Å². The fourth-order valence-electron chi connectivity index (χ4n) is 1.89. The fourth-order valence-corrected chi connectivity index (χ4v) is 2.59. The van der Waals surface area contributed by atoms with E-state index in [1.807, 2.05) is 25.1 Å². The fraction of sp³-hybridized carbons (Fsp3) is 0.214. The topological polar surface area (TPSA) is 65.4 Å². The summed E-state index contributed by atoms with van der Waals surface area (Å²) in [4.78, 5) is 13.6. The van der Waals surface area contributed by atoms with Gasteiger partial charge in [-0.3, -0.25) is 9.69 Å². The highest BCUT2D eigenvalue weighted by Crippen LogP contribution is 2.26. The maximum atomic E-state index is 12.2. The van der Waals surface area contributed by atoms with Gasteiger partial charge in [-0.05, 0) is 43.4 Å². The highest BCUT2D eigenvalue weighted by molar-refractivity contribution is 9.10. The molecular weight excluding hydrogens is 354 g/mol. The highest BCUT2D eigenvalue weighted by Gasteiger charge is 2.29. The van der Waals surface area contributed by atoms with Crippen molar-refractivity contribution >= 4 is 45.2 Å². The lowest BCUT2D eigenvalue weighted by molar-refractivity contribution is -0.122. The number of carbonyl (C=O) groups excluding carboxylic acids is 1. The van der Waals surface area contributed by atoms with Crippen LogP contribution in [0, 0.1) is 11.3 Å². The molecule has 0 aliphatic carbocycles. The lowest BCUT2D eigenvalue weighted by Crippen LogP contribution is -2.30. The van der Waals surface area contributed by atoms with Crippen molar-refractivity contribution in [3.05, 3.63) is 33.9 Å². The molecule has 7 heteroatoms. The summed E-state index contributed by atoms with van der Waals surface area (Å²) in [5, 5.41) is 11.9. The van der Waals surface area contributed by atoms with Crippen molar-refractivity contribution < 1.29 is 9.53 Å². The monoisotopic (exact) mass is 365 g/mol. The van der Waals surface area contributed by atoms with Crippen LogP contribution in [-0.2, 0) is 4.79 Å². The summed E-state index contributed by atoms with van der Waals surface area (Å²) in [6.45, 7) is 2.31. The number of amides is 1. The number of nitrogens with zero attached hydrogens (tertiary/aromatic N) is 2. The molecule has 0 unspecified atom stereocenters. The number of carbonyl (C=O) groups is 1. The first-order chi connectivity index (χ1) is 10.1. The van der Waals surface area contributed by atoms with Crippen molar-refractivity contribution in [3.8, 4) is 11.8 Å². The number of likely N-dealkylation sites (N-methyl/N-ethyl adjacent to an activating group) is 1. The zero-order valence-corrected chi connectivity index (χ0v) is 13.6. The van der Waals surface area contributed by atoms with E-state index < -0.39 is 0 Å². The normalized spacial score (nSPS) is 16.0. The molecule has 0 saturated carbocycles. The van der Waals surface area contributed by atoms with Crippen LogP contribution < -0.4 is 10.1 Å². The summed E-state index contributed by atoms with van der Waals surface area (Å²) < 4.78 is 6.20. The summed E-state index contributed by atoms with van der Waals surface area (Å²) in [6, 6.07) is 7.28. The van der Waals surface area contributed by atoms with E-state index in [9.17, 15) is 4.79 Å². The third-order valence-corrected chi connectivity index (χ3v) is 3.66. The summed E-state index contributed by atoms with van der Waals surface area (Å²) in [6.07, 6.45) is 1.67. The molecule has 1 heterocycles. The van der Waals surface area contributed by atoms with E-state index in [2.05, 4.69) is 21.2 Å². The zero-order valence-electron chi connectivity index (χ0n) is 11.2. The van der Waals surface area contributed by atoms with Gasteiger partial charge < -0.3 is 10.1 Å². The Bertz CT molecular complexity index is 667. The van der Waals surface area contributed by atoms with E-state index >= 15 is 0 Å². The molecule has 0 radical (unpaired) electrons. The van der Waals surface area contributed by atoms with E-state index in [-0.39, 0.29) is 12.5 Å². The molecule has 0 atom stereocenters. The third kappa shape index (κ3) is 3.40. The largest absolute Gasteiger partial charge is 0.478 e. The van der Waals surface area contributed by atoms with Crippen LogP contribution in [0.5, 0.6) is 5.75 Å². The Balaban J connectivity index is 2.36. The van der Waals surface area contributed by atoms with E-state index in [0.29, 0.717) is 28.7 Å². The second-order valence-corrected chi connectivity index (χ2v) is 5.47. The maximum Gasteiger partial charge on any atom is 0.276 e. The molecule has 1 aromatic rings. The average molecular weight is 366 g/mol. The van der Waals surface area contributed by atoms with Gasteiger partial charge in [0.2, 0.25) is 0 Å². The Kier molecular flexibility index (Phi) is 4.94. The van der Waals surface area contributed by atoms with Crippen LogP contribution >= 0.6 is 28.1 Å². The number of ether oxygens (including phenoxy) is 1. The second kappa shape index (κ2) is 6.70. The highest BCUT2D eigenvalue weighted by atomic mass is 79.9. The van der Waals surface area contributed by atoms with Gasteiger partial charge in [-0.15, -0.1) is 0 Å². The number of nitrogens with one attached hydrogen (secondary N) is 1. The summed E-state index contributed by atoms with van der Waals surface area (Å²) in [5.74, 6) is 0.358. The number of rotatable bonds is 4. The standard InChI is InChI=1S/C14H12BrN3O2S/c1-2-18-13(19)11(17-14(18)21)8-9-7-10(15)3-4-12(9)20-6-5-16/h3-4,7-8H,2,6H2,1H3,(H,17,21)/b11-8-. The SMILES string of the molecule is CCN1C(=O)/C(=C/c2cc(Br)ccc2OCC#N)NC1=S. The number of thiocarbonyl (C=S) groups is 1. The first-order valence-corrected chi connectivity index (χ1v) is 7.40. The lowest BCUT2D eigenvalue weighted by Gasteiger charge is -2.09. The van der Waals surface area contributed by atoms with E-state index in [1.165, 1.54) is 4.90 Å². The molecule has 0 spiro atoms. The molecule has 1 aromatic carbocycles. The lowest BCUT2D eigenvalue weighted by atomic mass is 10.1. The van der Waals surface area contributed by atoms with Gasteiger partial charge in [-0.25, -0.2) is 0 Å². The molecule has 1 amide bonds. The van der Waals surface area contributed by atoms with E-state index in [1.54, 1.807) is 12.1 Å². The molecule has 108 valence electrons. The van der Waals surface area contributed by atoms with Crippen LogP contribution in [0.3, 0.4) is 0 Å². The summed E-state index contributed by atoms with van der Waals surface area (Å²) in [5.41, 5.74) is 1.08. The smallest absolute Gasteiger partial charge is 0.276 e. The van der Waals surface area contributed by atoms with Crippen LogP contribution in [0.25, 0.3) is 6.08 Å². The number of benzene rings is 1. The van der Waals surface area contributed by atoms with Crippen molar-refractivity contribution in [1.29, 1.82) is 5.26 Å². The molecule has 2 rings (SSSR count). The van der Waals surface area contributed by atoms with Crippen LogP contribution in [-0.4, -0.2) is 29.1 Å². The number of hydrogen-bond donors (Lipinski definition) is 1. The Morgan fingerprint density at radius 1 is 1.57 bits per heavy atom. The molecular formula is C14H12BrN3O2S. The number of hydrogen-bond acceptors (Lipinski definition) is 4. The Morgan fingerprint density at radius 2 is 2.33 bits per heavy atom. The predicted molar refractivity (Wildman–Crippen MR) is 86.3 cm³/mol. The van der Waals surface area contributed by atoms with Gasteiger partial charge in [-0.1, -0.05) is 15.9 Å². The Morgan fingerprint density at radius 3 is 2.95 bits per heavy atom. The van der Waals surface area contributed by atoms with Crippen LogP contribution in [0.1, 0.15) is 12.5 Å². The molecule has 0 bridgehead atoms. The van der Waals surface area contributed by atoms with Crippen molar-refractivity contribution in [2.45, 2.75) is 6.92 Å². The molecule has 1 saturated heterocycles. The van der Waals surface area contributed by atoms with Gasteiger partial charge in [0.15, 0.2) is 11.7 Å². The van der Waals surface area contributed by atoms with Crippen LogP contribution in [0.4, 0.5) is 0 Å². The van der Waals surface area contributed by atoms with E-state index in [4.69, 9.17) is 22.2 Å². The van der Waals surface area contributed by atoms with Gasteiger partial charge in [0, 0.05) is 16.6 Å². The maximum absolute atomic E-state index is 12.2. The van der Waals surface area contributed by atoms with Gasteiger partial charge >= 0.3 is 0 Å². The molecule has 5 nitrogen and oxygen atoms in total. The first kappa shape index (κ1) is 15.5. The molecule has 21 heavy (non-hydrogen) atoms. The number of halogens is 1. The molecule has 1 fully saturated rings. The van der Waals surface area contributed by atoms with Gasteiger partial charge in [0.25, 0.3) is 5.91 Å². The Labute approximate surface area is 136 Å². The van der Waals surface area contributed by atoms with Gasteiger partial charge in [0.1, 0.15) is 17.5 Å². The summed E-state index contributed by atoms with van der Waals surface area (Å²) >= 11 is 8.48. The molecule has 1 N–H and O–H groups in total. The predicted octanol–water partition coefficient (Wildman–Crippen LogP) is 2.43. The quantitative estimate of drug-likeness (QED) is 0.655. The summed E-state index contributed by atoms with van der Waals surface area (Å²) in [7, 11) is 0. The molecule has 1 aliphatic rings. The van der Waals surface area contributed by atoms with Crippen molar-refractivity contribution in [2.75, 3.05) is 13.2 Å². The van der Waals surface area contributed by atoms with Gasteiger partial charge in [0.05, 0.1) is 0 Å². The first-order valence-electron chi connectivity index (χ1n) is 6.20. The zero-order chi connectivity index (χ0) is 15.4. The minimum atomic E-state index is -0.172. The minimum absolute atomic E-state index is 0.0569. The van der Waals surface area contributed by atoms with E-state index in [0.717, 1.165) is 4.47 Å². The Hall–Kier alpha value is -1.91. The van der Waals surface area contributed by atoms with Gasteiger partial charge in [-0.2, -0.15) is 5.26 Å². The van der Waals surface area contributed by atoms with Crippen molar-refractivity contribution in [2.24, 2.45) is 0 Å². The number of nitriles is 1. The van der Waals surface area contributed by atoms with Crippen molar-refractivity contribution in [3.63, 3.8) is 0 Å². The molecule has 0 aromatic heterocycles. The second-order valence-electron chi connectivity index (χ2n) is 4.17. The third-order valence-electron chi connectivity index (χ3n) is 2.84. The molecule has 1 aliphatic heterocycles. The van der Waals surface area contributed by atoms with Crippen LogP contribution in [0.2, 0.25) is 0 Å². The van der Waals surface area contributed by atoms with Crippen molar-refractivity contribution in [1.82, 2.24) is 10.2 Å². The minimum Gasteiger partial charge on any atom is -0.478 e. The average Bonchev–Trinajstić information content (AvgIpc) is 2.72.